The molecule has 0 aromatic heterocycles. The van der Waals surface area contributed by atoms with Crippen molar-refractivity contribution in [3.63, 3.8) is 0 Å². The van der Waals surface area contributed by atoms with Gasteiger partial charge in [-0.25, -0.2) is 0 Å². The zero-order chi connectivity index (χ0) is 10.3. The number of likely N-dealkylation sites (tertiary alicyclic amines) is 1. The summed E-state index contributed by atoms with van der Waals surface area (Å²) < 4.78 is 4.62. The number of carbonyl (C=O) groups excluding carboxylic acids is 3. The van der Waals surface area contributed by atoms with Crippen LogP contribution in [0.1, 0.15) is 6.42 Å². The van der Waals surface area contributed by atoms with Crippen LogP contribution in [0.15, 0.2) is 0 Å². The Kier molecular flexibility index (Phi) is 2.11. The first-order chi connectivity index (χ1) is 6.65. The second-order valence-electron chi connectivity index (χ2n) is 3.68. The second kappa shape index (κ2) is 3.16. The maximum absolute atomic E-state index is 11.4. The first kappa shape index (κ1) is 9.33. The molecule has 76 valence electrons. The quantitative estimate of drug-likeness (QED) is 0.554. The molecule has 2 aliphatic rings. The van der Waals surface area contributed by atoms with Gasteiger partial charge in [0.2, 0.25) is 11.8 Å². The Labute approximate surface area is 81.0 Å². The van der Waals surface area contributed by atoms with E-state index < -0.39 is 0 Å². The van der Waals surface area contributed by atoms with E-state index >= 15 is 0 Å². The van der Waals surface area contributed by atoms with Gasteiger partial charge in [-0.05, 0) is 6.42 Å². The molecule has 2 rings (SSSR count). The van der Waals surface area contributed by atoms with Gasteiger partial charge >= 0.3 is 0 Å². The van der Waals surface area contributed by atoms with E-state index in [-0.39, 0.29) is 42.6 Å². The lowest BCUT2D eigenvalue weighted by molar-refractivity contribution is -0.145. The first-order valence-electron chi connectivity index (χ1n) is 4.51. The molecule has 2 amide bonds. The van der Waals surface area contributed by atoms with Crippen LogP contribution in [0, 0.1) is 11.8 Å². The smallest absolute Gasteiger partial charge is 0.233 e. The predicted octanol–water partition coefficient (Wildman–Crippen LogP) is -0.793. The number of carbonyl (C=O) groups is 3. The lowest BCUT2D eigenvalue weighted by Gasteiger charge is -2.14. The summed E-state index contributed by atoms with van der Waals surface area (Å²) in [6.07, 6.45) is 0.673. The lowest BCUT2D eigenvalue weighted by atomic mass is 10.3. The van der Waals surface area contributed by atoms with Crippen LogP contribution in [0.5, 0.6) is 0 Å². The molecular formula is C9H11NO4. The summed E-state index contributed by atoms with van der Waals surface area (Å²) in [5.41, 5.74) is 0. The van der Waals surface area contributed by atoms with E-state index in [2.05, 4.69) is 4.74 Å². The van der Waals surface area contributed by atoms with Crippen molar-refractivity contribution < 1.29 is 19.1 Å². The molecule has 1 saturated carbocycles. The molecule has 2 unspecified atom stereocenters. The van der Waals surface area contributed by atoms with E-state index in [9.17, 15) is 14.4 Å². The average Bonchev–Trinajstić information content (AvgIpc) is 2.87. The number of nitrogens with zero attached hydrogens (tertiary/aromatic N) is 1. The van der Waals surface area contributed by atoms with Crippen molar-refractivity contribution in [1.82, 2.24) is 4.90 Å². The van der Waals surface area contributed by atoms with Crippen LogP contribution in [0.25, 0.3) is 0 Å². The highest BCUT2D eigenvalue weighted by molar-refractivity contribution is 6.10. The van der Waals surface area contributed by atoms with Crippen LogP contribution >= 0.6 is 0 Å². The molecule has 1 aliphatic heterocycles. The molecular weight excluding hydrogens is 186 g/mol. The van der Waals surface area contributed by atoms with E-state index in [1.807, 2.05) is 0 Å². The van der Waals surface area contributed by atoms with Gasteiger partial charge in [-0.2, -0.15) is 0 Å². The van der Waals surface area contributed by atoms with E-state index in [1.165, 1.54) is 7.11 Å². The maximum atomic E-state index is 11.4. The number of rotatable bonds is 4. The molecule has 0 N–H and O–H groups in total. The summed E-state index contributed by atoms with van der Waals surface area (Å²) in [6, 6.07) is 0. The highest BCUT2D eigenvalue weighted by atomic mass is 16.5. The molecule has 0 radical (unpaired) electrons. The van der Waals surface area contributed by atoms with Gasteiger partial charge in [0.05, 0.1) is 18.4 Å². The number of amides is 2. The SMILES string of the molecule is COCC(=O)CN1C(=O)C2CC2C1=O. The molecule has 0 bridgehead atoms. The minimum absolute atomic E-state index is 0.0492. The zero-order valence-corrected chi connectivity index (χ0v) is 7.86. The third-order valence-corrected chi connectivity index (χ3v) is 2.60. The summed E-state index contributed by atoms with van der Waals surface area (Å²) in [4.78, 5) is 35.0. The number of methoxy groups -OCH3 is 1. The van der Waals surface area contributed by atoms with Crippen LogP contribution in [-0.4, -0.2) is 42.8 Å². The van der Waals surface area contributed by atoms with Crippen LogP contribution < -0.4 is 0 Å². The van der Waals surface area contributed by atoms with Gasteiger partial charge in [0.15, 0.2) is 5.78 Å². The normalized spacial score (nSPS) is 29.4. The van der Waals surface area contributed by atoms with Crippen molar-refractivity contribution in [2.75, 3.05) is 20.3 Å². The molecule has 0 aromatic rings. The third kappa shape index (κ3) is 1.33. The molecule has 1 saturated heterocycles. The molecule has 0 aromatic carbocycles. The van der Waals surface area contributed by atoms with Crippen LogP contribution in [-0.2, 0) is 19.1 Å². The number of fused-ring (bicyclic) bond motifs is 1. The summed E-state index contributed by atoms with van der Waals surface area (Å²) in [5, 5.41) is 0. The van der Waals surface area contributed by atoms with E-state index in [1.54, 1.807) is 0 Å². The Morgan fingerprint density at radius 1 is 1.43 bits per heavy atom. The molecule has 1 aliphatic carbocycles. The number of Topliss-reactive ketones (excluding diaryl/α,β-unsaturated/α-hetero) is 1. The highest BCUT2D eigenvalue weighted by Gasteiger charge is 2.58. The first-order valence-corrected chi connectivity index (χ1v) is 4.51. The molecule has 2 atom stereocenters. The Morgan fingerprint density at radius 3 is 2.50 bits per heavy atom. The minimum Gasteiger partial charge on any atom is -0.377 e. The Morgan fingerprint density at radius 2 is 2.00 bits per heavy atom. The summed E-state index contributed by atoms with van der Waals surface area (Å²) >= 11 is 0. The molecule has 5 nitrogen and oxygen atoms in total. The van der Waals surface area contributed by atoms with E-state index in [0.717, 1.165) is 4.90 Å². The number of hydrogen-bond donors (Lipinski definition) is 0. The molecule has 2 fully saturated rings. The van der Waals surface area contributed by atoms with Crippen molar-refractivity contribution in [2.45, 2.75) is 6.42 Å². The third-order valence-electron chi connectivity index (χ3n) is 2.60. The summed E-state index contributed by atoms with van der Waals surface area (Å²) in [6.45, 7) is -0.176. The minimum atomic E-state index is -0.240. The fraction of sp³-hybridized carbons (Fsp3) is 0.667. The van der Waals surface area contributed by atoms with Crippen molar-refractivity contribution in [1.29, 1.82) is 0 Å². The summed E-state index contributed by atoms with van der Waals surface area (Å²) in [5.74, 6) is -0.875. The molecule has 0 spiro atoms. The van der Waals surface area contributed by atoms with Gasteiger partial charge < -0.3 is 4.74 Å². The van der Waals surface area contributed by atoms with Crippen molar-refractivity contribution >= 4 is 17.6 Å². The second-order valence-corrected chi connectivity index (χ2v) is 3.68. The van der Waals surface area contributed by atoms with Gasteiger partial charge in [0, 0.05) is 7.11 Å². The standard InChI is InChI=1S/C9H11NO4/c1-14-4-5(11)3-10-8(12)6-2-7(6)9(10)13/h6-7H,2-4H2,1H3. The zero-order valence-electron chi connectivity index (χ0n) is 7.86. The van der Waals surface area contributed by atoms with Gasteiger partial charge in [-0.1, -0.05) is 0 Å². The van der Waals surface area contributed by atoms with Gasteiger partial charge in [-0.3, -0.25) is 19.3 Å². The monoisotopic (exact) mass is 197 g/mol. The maximum Gasteiger partial charge on any atom is 0.233 e. The summed E-state index contributed by atoms with van der Waals surface area (Å²) in [7, 11) is 1.41. The number of ether oxygens (including phenoxy) is 1. The van der Waals surface area contributed by atoms with Crippen LogP contribution in [0.4, 0.5) is 0 Å². The van der Waals surface area contributed by atoms with Gasteiger partial charge in [0.25, 0.3) is 0 Å². The molecule has 1 heterocycles. The fourth-order valence-electron chi connectivity index (χ4n) is 1.79. The van der Waals surface area contributed by atoms with Gasteiger partial charge in [-0.15, -0.1) is 0 Å². The number of piperidine rings is 1. The topological polar surface area (TPSA) is 63.7 Å². The van der Waals surface area contributed by atoms with E-state index in [0.29, 0.717) is 6.42 Å². The Balaban J connectivity index is 1.95. The largest absolute Gasteiger partial charge is 0.377 e. The predicted molar refractivity (Wildman–Crippen MR) is 45.2 cm³/mol. The van der Waals surface area contributed by atoms with Gasteiger partial charge in [0.1, 0.15) is 6.61 Å². The van der Waals surface area contributed by atoms with Crippen LogP contribution in [0.3, 0.4) is 0 Å². The number of imide groups is 1. The van der Waals surface area contributed by atoms with E-state index in [4.69, 9.17) is 0 Å². The number of hydrogen-bond acceptors (Lipinski definition) is 4. The van der Waals surface area contributed by atoms with Crippen molar-refractivity contribution in [3.05, 3.63) is 0 Å². The molecule has 14 heavy (non-hydrogen) atoms. The fourth-order valence-corrected chi connectivity index (χ4v) is 1.79. The molecule has 5 heteroatoms. The van der Waals surface area contributed by atoms with Crippen LogP contribution in [0.2, 0.25) is 0 Å². The Bertz CT molecular complexity index is 292. The Hall–Kier alpha value is -1.23. The number of ketones is 1. The average molecular weight is 197 g/mol. The van der Waals surface area contributed by atoms with Crippen molar-refractivity contribution in [3.8, 4) is 0 Å². The van der Waals surface area contributed by atoms with Crippen molar-refractivity contribution in [2.24, 2.45) is 11.8 Å². The highest BCUT2D eigenvalue weighted by Crippen LogP contribution is 2.46. The lowest BCUT2D eigenvalue weighted by Crippen LogP contribution is -2.38.